The Morgan fingerprint density at radius 3 is 3.00 bits per heavy atom. The van der Waals surface area contributed by atoms with Gasteiger partial charge in [0.05, 0.1) is 30.8 Å². The van der Waals surface area contributed by atoms with E-state index >= 15 is 0 Å². The molecule has 8 heteroatoms. The molecule has 2 unspecified atom stereocenters. The number of aliphatic hydroxyl groups excluding tert-OH is 1. The maximum Gasteiger partial charge on any atom is 0.204 e. The highest BCUT2D eigenvalue weighted by Gasteiger charge is 2.31. The summed E-state index contributed by atoms with van der Waals surface area (Å²) in [5.74, 6) is 1.47. The summed E-state index contributed by atoms with van der Waals surface area (Å²) in [4.78, 5) is 16.7. The lowest BCUT2D eigenvalue weighted by Crippen LogP contribution is -2.52. The Hall–Kier alpha value is -2.71. The predicted molar refractivity (Wildman–Crippen MR) is 90.2 cm³/mol. The molecule has 25 heavy (non-hydrogen) atoms. The summed E-state index contributed by atoms with van der Waals surface area (Å²) in [7, 11) is 1.81. The minimum Gasteiger partial charge on any atom is -0.467 e. The molecule has 1 saturated heterocycles. The third kappa shape index (κ3) is 3.13. The summed E-state index contributed by atoms with van der Waals surface area (Å²) >= 11 is 0. The van der Waals surface area contributed by atoms with E-state index < -0.39 is 6.23 Å². The number of guanidine groups is 1. The van der Waals surface area contributed by atoms with Crippen LogP contribution in [0.5, 0.6) is 0 Å². The summed E-state index contributed by atoms with van der Waals surface area (Å²) in [5.41, 5.74) is 1.31. The van der Waals surface area contributed by atoms with Crippen molar-refractivity contribution in [3.63, 3.8) is 0 Å². The van der Waals surface area contributed by atoms with Crippen LogP contribution < -0.4 is 0 Å². The van der Waals surface area contributed by atoms with Gasteiger partial charge in [0.2, 0.25) is 5.96 Å². The van der Waals surface area contributed by atoms with E-state index in [4.69, 9.17) is 14.1 Å². The molecular formula is C17H19N5O3. The highest BCUT2D eigenvalue weighted by molar-refractivity contribution is 5.88. The summed E-state index contributed by atoms with van der Waals surface area (Å²) in [5, 5.41) is 10.4. The molecule has 1 N–H and O–H groups in total. The van der Waals surface area contributed by atoms with Gasteiger partial charge in [-0.15, -0.1) is 0 Å². The van der Waals surface area contributed by atoms with Crippen LogP contribution in [0.2, 0.25) is 0 Å². The molecule has 130 valence electrons. The summed E-state index contributed by atoms with van der Waals surface area (Å²) < 4.78 is 11.3. The van der Waals surface area contributed by atoms with Crippen molar-refractivity contribution in [3.05, 3.63) is 54.5 Å². The molecule has 0 bridgehead atoms. The number of aliphatic hydroxyl groups is 1. The fourth-order valence-corrected chi connectivity index (χ4v) is 2.95. The molecule has 2 aliphatic rings. The summed E-state index contributed by atoms with van der Waals surface area (Å²) in [6.45, 7) is 1.84. The average molecular weight is 341 g/mol. The molecule has 4 rings (SSSR count). The number of rotatable bonds is 2. The molecule has 0 spiro atoms. The molecule has 4 heterocycles. The van der Waals surface area contributed by atoms with Crippen LogP contribution in [0.25, 0.3) is 5.70 Å². The molecule has 0 radical (unpaired) electrons. The van der Waals surface area contributed by atoms with E-state index in [0.717, 1.165) is 5.76 Å². The van der Waals surface area contributed by atoms with E-state index in [1.54, 1.807) is 29.5 Å². The lowest BCUT2D eigenvalue weighted by atomic mass is 10.2. The number of ether oxygens (including phenoxy) is 1. The predicted octanol–water partition coefficient (Wildman–Crippen LogP) is 1.10. The number of furan rings is 1. The number of hydrogen-bond donors (Lipinski definition) is 1. The SMILES string of the molecule is CN1C(N2CCOC(c3ccco3)C2)=NC(c2ccncn2)=CC1O. The smallest absolute Gasteiger partial charge is 0.204 e. The number of aliphatic imine (C=N–C) groups is 1. The topological polar surface area (TPSA) is 87.2 Å². The minimum atomic E-state index is -0.776. The lowest BCUT2D eigenvalue weighted by molar-refractivity contribution is -0.0248. The Morgan fingerprint density at radius 2 is 2.24 bits per heavy atom. The van der Waals surface area contributed by atoms with Crippen LogP contribution in [0.15, 0.2) is 52.5 Å². The van der Waals surface area contributed by atoms with Gasteiger partial charge in [-0.3, -0.25) is 0 Å². The Morgan fingerprint density at radius 1 is 1.32 bits per heavy atom. The Kier molecular flexibility index (Phi) is 4.21. The van der Waals surface area contributed by atoms with Crippen LogP contribution in [0.1, 0.15) is 17.6 Å². The van der Waals surface area contributed by atoms with Gasteiger partial charge in [0, 0.05) is 19.8 Å². The van der Waals surface area contributed by atoms with Gasteiger partial charge < -0.3 is 24.1 Å². The van der Waals surface area contributed by atoms with Gasteiger partial charge in [0.25, 0.3) is 0 Å². The van der Waals surface area contributed by atoms with Crippen LogP contribution >= 0.6 is 0 Å². The number of morpholine rings is 1. The van der Waals surface area contributed by atoms with Crippen molar-refractivity contribution in [2.24, 2.45) is 4.99 Å². The van der Waals surface area contributed by atoms with E-state index in [2.05, 4.69) is 14.9 Å². The van der Waals surface area contributed by atoms with Crippen molar-refractivity contribution in [2.45, 2.75) is 12.3 Å². The maximum absolute atomic E-state index is 10.4. The van der Waals surface area contributed by atoms with Gasteiger partial charge in [-0.05, 0) is 24.3 Å². The molecule has 8 nitrogen and oxygen atoms in total. The summed E-state index contributed by atoms with van der Waals surface area (Å²) in [6, 6.07) is 5.53. The Balaban J connectivity index is 1.61. The fourth-order valence-electron chi connectivity index (χ4n) is 2.95. The van der Waals surface area contributed by atoms with Gasteiger partial charge in [-0.2, -0.15) is 0 Å². The first kappa shape index (κ1) is 15.8. The Labute approximate surface area is 145 Å². The van der Waals surface area contributed by atoms with E-state index in [1.165, 1.54) is 6.33 Å². The van der Waals surface area contributed by atoms with Crippen molar-refractivity contribution in [1.82, 2.24) is 19.8 Å². The zero-order valence-electron chi connectivity index (χ0n) is 13.8. The quantitative estimate of drug-likeness (QED) is 0.875. The fraction of sp³-hybridized carbons (Fsp3) is 0.353. The lowest BCUT2D eigenvalue weighted by Gasteiger charge is -2.40. The van der Waals surface area contributed by atoms with Crippen molar-refractivity contribution in [2.75, 3.05) is 26.7 Å². The van der Waals surface area contributed by atoms with E-state index in [0.29, 0.717) is 37.0 Å². The van der Waals surface area contributed by atoms with Crippen LogP contribution in [-0.4, -0.2) is 63.8 Å². The Bertz CT molecular complexity index is 775. The first-order valence-corrected chi connectivity index (χ1v) is 8.10. The van der Waals surface area contributed by atoms with Gasteiger partial charge in [0.15, 0.2) is 6.23 Å². The van der Waals surface area contributed by atoms with Crippen LogP contribution in [-0.2, 0) is 4.74 Å². The molecule has 0 aromatic carbocycles. The highest BCUT2D eigenvalue weighted by Crippen LogP contribution is 2.26. The van der Waals surface area contributed by atoms with Crippen LogP contribution in [0.4, 0.5) is 0 Å². The monoisotopic (exact) mass is 341 g/mol. The van der Waals surface area contributed by atoms with Gasteiger partial charge >= 0.3 is 0 Å². The molecule has 2 aromatic rings. The van der Waals surface area contributed by atoms with Gasteiger partial charge in [-0.25, -0.2) is 15.0 Å². The van der Waals surface area contributed by atoms with Crippen molar-refractivity contribution < 1.29 is 14.3 Å². The third-order valence-electron chi connectivity index (χ3n) is 4.29. The molecule has 1 fully saturated rings. The zero-order valence-corrected chi connectivity index (χ0v) is 13.8. The number of aromatic nitrogens is 2. The molecule has 2 aliphatic heterocycles. The molecule has 0 saturated carbocycles. The van der Waals surface area contributed by atoms with Crippen molar-refractivity contribution >= 4 is 11.7 Å². The largest absolute Gasteiger partial charge is 0.467 e. The first-order valence-electron chi connectivity index (χ1n) is 8.10. The van der Waals surface area contributed by atoms with E-state index in [9.17, 15) is 5.11 Å². The van der Waals surface area contributed by atoms with Gasteiger partial charge in [-0.1, -0.05) is 0 Å². The van der Waals surface area contributed by atoms with Gasteiger partial charge in [0.1, 0.15) is 18.2 Å². The second-order valence-electron chi connectivity index (χ2n) is 5.90. The molecule has 2 atom stereocenters. The molecule has 0 amide bonds. The standard InChI is InChI=1S/C17H19N5O3/c1-21-16(23)9-13(12-4-5-18-11-19-12)20-17(21)22-6-8-25-15(10-22)14-3-2-7-24-14/h2-5,7,9,11,15-16,23H,6,8,10H2,1H3. The van der Waals surface area contributed by atoms with Crippen LogP contribution in [0.3, 0.4) is 0 Å². The maximum atomic E-state index is 10.4. The number of likely N-dealkylation sites (N-methyl/N-ethyl adjacent to an activating group) is 1. The van der Waals surface area contributed by atoms with Crippen molar-refractivity contribution in [3.8, 4) is 0 Å². The first-order chi connectivity index (χ1) is 12.2. The van der Waals surface area contributed by atoms with Crippen molar-refractivity contribution in [1.29, 1.82) is 0 Å². The third-order valence-corrected chi connectivity index (χ3v) is 4.29. The second kappa shape index (κ2) is 6.66. The number of nitrogens with zero attached hydrogens (tertiary/aromatic N) is 5. The molecular weight excluding hydrogens is 322 g/mol. The highest BCUT2D eigenvalue weighted by atomic mass is 16.5. The summed E-state index contributed by atoms with van der Waals surface area (Å²) in [6.07, 6.45) is 5.51. The van der Waals surface area contributed by atoms with E-state index in [-0.39, 0.29) is 6.10 Å². The zero-order chi connectivity index (χ0) is 17.2. The van der Waals surface area contributed by atoms with E-state index in [1.807, 2.05) is 19.2 Å². The van der Waals surface area contributed by atoms with Crippen LogP contribution in [0, 0.1) is 0 Å². The molecule has 0 aliphatic carbocycles. The second-order valence-corrected chi connectivity index (χ2v) is 5.90. The molecule has 2 aromatic heterocycles. The minimum absolute atomic E-state index is 0.162. The average Bonchev–Trinajstić information content (AvgIpc) is 3.19. The normalized spacial score (nSPS) is 24.1. The number of hydrogen-bond acceptors (Lipinski definition) is 8.